The van der Waals surface area contributed by atoms with Gasteiger partial charge in [-0.1, -0.05) is 41.7 Å². The highest BCUT2D eigenvalue weighted by atomic mass is 32.1. The number of esters is 2. The van der Waals surface area contributed by atoms with Gasteiger partial charge in [0.1, 0.15) is 6.54 Å². The number of benzene rings is 2. The summed E-state index contributed by atoms with van der Waals surface area (Å²) in [6.45, 7) is 3.94. The Morgan fingerprint density at radius 1 is 1.00 bits per heavy atom. The summed E-state index contributed by atoms with van der Waals surface area (Å²) < 4.78 is 12.5. The highest BCUT2D eigenvalue weighted by Crippen LogP contribution is 2.20. The molecule has 3 aromatic rings. The van der Waals surface area contributed by atoms with Gasteiger partial charge in [0, 0.05) is 6.42 Å². The van der Waals surface area contributed by atoms with Crippen LogP contribution >= 0.6 is 11.3 Å². The van der Waals surface area contributed by atoms with Crippen molar-refractivity contribution in [3.8, 4) is 0 Å². The molecule has 0 bridgehead atoms. The summed E-state index contributed by atoms with van der Waals surface area (Å²) in [6.07, 6.45) is 0.838. The van der Waals surface area contributed by atoms with Crippen LogP contribution in [0.3, 0.4) is 0 Å². The number of thiazole rings is 1. The Labute approximate surface area is 183 Å². The van der Waals surface area contributed by atoms with Crippen molar-refractivity contribution in [1.82, 2.24) is 4.57 Å². The Balaban J connectivity index is 1.94. The second-order valence-corrected chi connectivity index (χ2v) is 7.68. The molecule has 162 valence electrons. The molecule has 3 rings (SSSR count). The molecule has 31 heavy (non-hydrogen) atoms. The molecule has 1 heterocycles. The lowest BCUT2D eigenvalue weighted by molar-refractivity contribution is -0.143. The maximum absolute atomic E-state index is 12.5. The Morgan fingerprint density at radius 2 is 1.74 bits per heavy atom. The van der Waals surface area contributed by atoms with E-state index in [-0.39, 0.29) is 32.1 Å². The quantitative estimate of drug-likeness (QED) is 0.501. The van der Waals surface area contributed by atoms with Crippen LogP contribution in [0.15, 0.2) is 53.5 Å². The second-order valence-electron chi connectivity index (χ2n) is 6.67. The van der Waals surface area contributed by atoms with Crippen LogP contribution in [-0.2, 0) is 32.0 Å². The zero-order valence-electron chi connectivity index (χ0n) is 17.5. The predicted molar refractivity (Wildman–Crippen MR) is 118 cm³/mol. The van der Waals surface area contributed by atoms with Crippen LogP contribution in [0.1, 0.15) is 36.2 Å². The Kier molecular flexibility index (Phi) is 7.72. The average molecular weight is 441 g/mol. The first kappa shape index (κ1) is 22.4. The first-order valence-electron chi connectivity index (χ1n) is 10.1. The third-order valence-corrected chi connectivity index (χ3v) is 5.52. The fraction of sp³-hybridized carbons (Fsp3) is 0.304. The van der Waals surface area contributed by atoms with E-state index in [9.17, 15) is 14.4 Å². The molecule has 1 aromatic heterocycles. The van der Waals surface area contributed by atoms with Gasteiger partial charge in [-0.15, -0.1) is 0 Å². The number of hydrogen-bond acceptors (Lipinski definition) is 6. The first-order chi connectivity index (χ1) is 15.0. The van der Waals surface area contributed by atoms with Gasteiger partial charge in [0.15, 0.2) is 4.80 Å². The van der Waals surface area contributed by atoms with Crippen LogP contribution in [0.2, 0.25) is 0 Å². The Morgan fingerprint density at radius 3 is 2.45 bits per heavy atom. The summed E-state index contributed by atoms with van der Waals surface area (Å²) in [4.78, 5) is 41.4. The van der Waals surface area contributed by atoms with E-state index in [1.807, 2.05) is 30.3 Å². The van der Waals surface area contributed by atoms with Gasteiger partial charge in [-0.3, -0.25) is 9.59 Å². The molecular weight excluding hydrogens is 416 g/mol. The summed E-state index contributed by atoms with van der Waals surface area (Å²) in [5, 5.41) is 0. The smallest absolute Gasteiger partial charge is 0.338 e. The zero-order valence-corrected chi connectivity index (χ0v) is 18.3. The molecule has 2 aromatic carbocycles. The minimum Gasteiger partial charge on any atom is -0.465 e. The van der Waals surface area contributed by atoms with Crippen molar-refractivity contribution in [2.24, 2.45) is 4.99 Å². The molecular formula is C23H24N2O5S. The van der Waals surface area contributed by atoms with Crippen LogP contribution in [0.25, 0.3) is 10.2 Å². The van der Waals surface area contributed by atoms with Crippen molar-refractivity contribution >= 4 is 39.4 Å². The number of hydrogen-bond donors (Lipinski definition) is 0. The van der Waals surface area contributed by atoms with Gasteiger partial charge in [0.2, 0.25) is 5.91 Å². The summed E-state index contributed by atoms with van der Waals surface area (Å²) in [5.74, 6) is -1.12. The summed E-state index contributed by atoms with van der Waals surface area (Å²) >= 11 is 1.24. The fourth-order valence-electron chi connectivity index (χ4n) is 3.05. The van der Waals surface area contributed by atoms with Gasteiger partial charge in [0.05, 0.1) is 29.0 Å². The zero-order chi connectivity index (χ0) is 22.2. The number of fused-ring (bicyclic) bond motifs is 1. The van der Waals surface area contributed by atoms with E-state index in [1.54, 1.807) is 36.6 Å². The average Bonchev–Trinajstić information content (AvgIpc) is 3.09. The maximum atomic E-state index is 12.5. The summed E-state index contributed by atoms with van der Waals surface area (Å²) in [5.41, 5.74) is 2.16. The van der Waals surface area contributed by atoms with Crippen molar-refractivity contribution in [1.29, 1.82) is 0 Å². The molecule has 0 spiro atoms. The number of aromatic nitrogens is 1. The van der Waals surface area contributed by atoms with Crippen molar-refractivity contribution in [2.75, 3.05) is 13.2 Å². The van der Waals surface area contributed by atoms with Crippen LogP contribution in [-0.4, -0.2) is 35.6 Å². The predicted octanol–water partition coefficient (Wildman–Crippen LogP) is 3.50. The van der Waals surface area contributed by atoms with Gasteiger partial charge < -0.3 is 14.0 Å². The van der Waals surface area contributed by atoms with E-state index >= 15 is 0 Å². The molecule has 0 saturated carbocycles. The highest BCUT2D eigenvalue weighted by Gasteiger charge is 2.15. The van der Waals surface area contributed by atoms with Gasteiger partial charge >= 0.3 is 11.9 Å². The van der Waals surface area contributed by atoms with Gasteiger partial charge in [-0.25, -0.2) is 4.79 Å². The number of carbonyl (C=O) groups is 3. The van der Waals surface area contributed by atoms with Gasteiger partial charge in [-0.2, -0.15) is 4.99 Å². The lowest BCUT2D eigenvalue weighted by atomic mass is 10.1. The molecule has 7 nitrogen and oxygen atoms in total. The topological polar surface area (TPSA) is 87.0 Å². The molecule has 0 N–H and O–H groups in total. The number of amides is 1. The standard InChI is InChI=1S/C23H24N2O5S/c1-3-29-21(27)15-25-18-12-11-17(22(28)30-4-2)14-19(18)31-23(25)24-20(26)13-10-16-8-6-5-7-9-16/h5-9,11-12,14H,3-4,10,13,15H2,1-2H3. The molecule has 0 unspecified atom stereocenters. The molecule has 1 amide bonds. The van der Waals surface area contributed by atoms with E-state index in [1.165, 1.54) is 11.3 Å². The lowest BCUT2D eigenvalue weighted by Gasteiger charge is -2.06. The van der Waals surface area contributed by atoms with Gasteiger partial charge in [0.25, 0.3) is 0 Å². The third-order valence-electron chi connectivity index (χ3n) is 4.48. The molecule has 0 saturated heterocycles. The van der Waals surface area contributed by atoms with E-state index in [2.05, 4.69) is 4.99 Å². The minimum atomic E-state index is -0.424. The van der Waals surface area contributed by atoms with E-state index < -0.39 is 11.9 Å². The lowest BCUT2D eigenvalue weighted by Crippen LogP contribution is -2.23. The molecule has 0 aliphatic carbocycles. The van der Waals surface area contributed by atoms with E-state index in [0.717, 1.165) is 10.3 Å². The SMILES string of the molecule is CCOC(=O)Cn1c(=NC(=O)CCc2ccccc2)sc2cc(C(=O)OCC)ccc21. The first-order valence-corrected chi connectivity index (χ1v) is 10.9. The number of aryl methyl sites for hydroxylation is 1. The van der Waals surface area contributed by atoms with Crippen molar-refractivity contribution in [3.05, 3.63) is 64.5 Å². The molecule has 0 aliphatic heterocycles. The number of rotatable bonds is 8. The molecule has 0 radical (unpaired) electrons. The fourth-order valence-corrected chi connectivity index (χ4v) is 4.13. The van der Waals surface area contributed by atoms with Crippen molar-refractivity contribution in [2.45, 2.75) is 33.2 Å². The minimum absolute atomic E-state index is 0.0720. The van der Waals surface area contributed by atoms with Crippen LogP contribution in [0, 0.1) is 0 Å². The van der Waals surface area contributed by atoms with E-state index in [0.29, 0.717) is 22.3 Å². The van der Waals surface area contributed by atoms with Crippen LogP contribution in [0.5, 0.6) is 0 Å². The number of carbonyl (C=O) groups excluding carboxylic acids is 3. The largest absolute Gasteiger partial charge is 0.465 e. The maximum Gasteiger partial charge on any atom is 0.338 e. The number of nitrogens with zero attached hydrogens (tertiary/aromatic N) is 2. The summed E-state index contributed by atoms with van der Waals surface area (Å²) in [6, 6.07) is 14.8. The van der Waals surface area contributed by atoms with Crippen molar-refractivity contribution < 1.29 is 23.9 Å². The van der Waals surface area contributed by atoms with Gasteiger partial charge in [-0.05, 0) is 44.0 Å². The number of ether oxygens (including phenoxy) is 2. The van der Waals surface area contributed by atoms with Crippen molar-refractivity contribution in [3.63, 3.8) is 0 Å². The molecule has 0 aliphatic rings. The third kappa shape index (κ3) is 5.88. The normalized spacial score (nSPS) is 11.5. The van der Waals surface area contributed by atoms with E-state index in [4.69, 9.17) is 9.47 Å². The molecule has 8 heteroatoms. The van der Waals surface area contributed by atoms with Crippen LogP contribution < -0.4 is 4.80 Å². The monoisotopic (exact) mass is 440 g/mol. The highest BCUT2D eigenvalue weighted by molar-refractivity contribution is 7.16. The second kappa shape index (κ2) is 10.7. The Bertz CT molecular complexity index is 1150. The molecule has 0 atom stereocenters. The molecule has 0 fully saturated rings. The summed E-state index contributed by atoms with van der Waals surface area (Å²) in [7, 11) is 0. The van der Waals surface area contributed by atoms with Crippen LogP contribution in [0.4, 0.5) is 0 Å². The Hall–Kier alpha value is -3.26.